The fraction of sp³-hybridized carbons (Fsp3) is 0.593. The number of ether oxygens (including phenoxy) is 1. The number of hydrogen-bond acceptors (Lipinski definition) is 5. The summed E-state index contributed by atoms with van der Waals surface area (Å²) in [4.78, 5) is 33.8. The van der Waals surface area contributed by atoms with Gasteiger partial charge in [-0.25, -0.2) is 0 Å². The number of aryl methyl sites for hydroxylation is 1. The van der Waals surface area contributed by atoms with E-state index in [-0.39, 0.29) is 18.9 Å². The van der Waals surface area contributed by atoms with Crippen LogP contribution in [0, 0.1) is 12.8 Å². The number of aromatic nitrogens is 3. The minimum Gasteiger partial charge on any atom is -0.385 e. The molecule has 3 aromatic rings. The summed E-state index contributed by atoms with van der Waals surface area (Å²) in [6.45, 7) is 9.01. The van der Waals surface area contributed by atoms with Crippen molar-refractivity contribution in [2.45, 2.75) is 59.5 Å². The number of nitrogens with one attached hydrogen (secondary N) is 1. The molecule has 0 spiro atoms. The van der Waals surface area contributed by atoms with Gasteiger partial charge in [0, 0.05) is 63.4 Å². The molecule has 5 rings (SSSR count). The maximum atomic E-state index is 13.6. The summed E-state index contributed by atoms with van der Waals surface area (Å²) in [6, 6.07) is 4.22. The zero-order valence-electron chi connectivity index (χ0n) is 20.5. The van der Waals surface area contributed by atoms with Crippen molar-refractivity contribution in [2.75, 3.05) is 39.9 Å². The van der Waals surface area contributed by atoms with Crippen LogP contribution in [0.3, 0.4) is 0 Å². The van der Waals surface area contributed by atoms with Gasteiger partial charge in [-0.15, -0.1) is 0 Å². The number of pyridine rings is 1. The van der Waals surface area contributed by atoms with Crippen LogP contribution in [0.4, 0.5) is 0 Å². The van der Waals surface area contributed by atoms with Gasteiger partial charge in [-0.05, 0) is 56.7 Å². The first-order valence-electron chi connectivity index (χ1n) is 12.5. The Morgan fingerprint density at radius 1 is 1.23 bits per heavy atom. The standard InChI is InChI=1S/C26H35N5O3.CH4/c1-17-12-23-21(24-22(25(32)28-23)14-27-31(24)16-19-6-4-7-19)13-20(17)26(33)30-10-9-29(18(2)15-30)8-5-11-34-3;/h12-14,18-19H,4-11,15-16H2,1-3H3,(H,28,32);1H4/t18-;/m0./s1. The molecule has 1 saturated heterocycles. The Morgan fingerprint density at radius 2 is 2.03 bits per heavy atom. The number of carbonyl (C=O) groups excluding carboxylic acids is 1. The van der Waals surface area contributed by atoms with Gasteiger partial charge in [-0.3, -0.25) is 19.2 Å². The zero-order chi connectivity index (χ0) is 23.8. The Morgan fingerprint density at radius 3 is 2.71 bits per heavy atom. The molecular weight excluding hydrogens is 442 g/mol. The van der Waals surface area contributed by atoms with Gasteiger partial charge in [0.15, 0.2) is 0 Å². The van der Waals surface area contributed by atoms with Crippen LogP contribution in [-0.4, -0.2) is 76.4 Å². The van der Waals surface area contributed by atoms with Gasteiger partial charge in [0.1, 0.15) is 0 Å². The lowest BCUT2D eigenvalue weighted by atomic mass is 9.85. The number of aromatic amines is 1. The summed E-state index contributed by atoms with van der Waals surface area (Å²) < 4.78 is 7.16. The maximum Gasteiger partial charge on any atom is 0.259 e. The van der Waals surface area contributed by atoms with E-state index in [0.717, 1.165) is 54.6 Å². The summed E-state index contributed by atoms with van der Waals surface area (Å²) in [5, 5.41) is 6.04. The van der Waals surface area contributed by atoms with Crippen LogP contribution in [0.25, 0.3) is 21.8 Å². The largest absolute Gasteiger partial charge is 0.385 e. The Labute approximate surface area is 207 Å². The number of carbonyl (C=O) groups is 1. The summed E-state index contributed by atoms with van der Waals surface area (Å²) in [7, 11) is 1.73. The van der Waals surface area contributed by atoms with E-state index < -0.39 is 0 Å². The molecule has 1 aromatic carbocycles. The average Bonchev–Trinajstić information content (AvgIpc) is 3.21. The van der Waals surface area contributed by atoms with E-state index in [1.54, 1.807) is 13.3 Å². The molecule has 1 amide bonds. The number of nitrogens with zero attached hydrogens (tertiary/aromatic N) is 4. The van der Waals surface area contributed by atoms with Crippen molar-refractivity contribution in [1.82, 2.24) is 24.6 Å². The topological polar surface area (TPSA) is 83.5 Å². The van der Waals surface area contributed by atoms with E-state index in [2.05, 4.69) is 21.9 Å². The highest BCUT2D eigenvalue weighted by molar-refractivity contribution is 6.07. The van der Waals surface area contributed by atoms with E-state index in [9.17, 15) is 9.59 Å². The van der Waals surface area contributed by atoms with Crippen molar-refractivity contribution in [3.8, 4) is 0 Å². The van der Waals surface area contributed by atoms with Crippen LogP contribution in [0.1, 0.15) is 56.0 Å². The fourth-order valence-corrected chi connectivity index (χ4v) is 5.42. The number of amides is 1. The Hall–Kier alpha value is -2.71. The first-order valence-corrected chi connectivity index (χ1v) is 12.5. The summed E-state index contributed by atoms with van der Waals surface area (Å²) in [5.74, 6) is 0.679. The van der Waals surface area contributed by atoms with E-state index in [1.165, 1.54) is 19.3 Å². The van der Waals surface area contributed by atoms with Crippen LogP contribution >= 0.6 is 0 Å². The van der Waals surface area contributed by atoms with Crippen LogP contribution in [0.5, 0.6) is 0 Å². The van der Waals surface area contributed by atoms with Crippen LogP contribution < -0.4 is 5.56 Å². The second-order valence-electron chi connectivity index (χ2n) is 10.0. The Kier molecular flexibility index (Phi) is 7.62. The van der Waals surface area contributed by atoms with Crippen molar-refractivity contribution in [3.63, 3.8) is 0 Å². The molecule has 35 heavy (non-hydrogen) atoms. The van der Waals surface area contributed by atoms with E-state index in [4.69, 9.17) is 4.74 Å². The van der Waals surface area contributed by atoms with Gasteiger partial charge in [-0.2, -0.15) is 5.10 Å². The predicted octanol–water partition coefficient (Wildman–Crippen LogP) is 3.81. The van der Waals surface area contributed by atoms with Gasteiger partial charge in [0.2, 0.25) is 0 Å². The van der Waals surface area contributed by atoms with Crippen molar-refractivity contribution in [3.05, 3.63) is 39.8 Å². The number of H-pyrrole nitrogens is 1. The highest BCUT2D eigenvalue weighted by Crippen LogP contribution is 2.31. The van der Waals surface area contributed by atoms with Crippen molar-refractivity contribution in [1.29, 1.82) is 0 Å². The van der Waals surface area contributed by atoms with Gasteiger partial charge >= 0.3 is 0 Å². The smallest absolute Gasteiger partial charge is 0.259 e. The average molecular weight is 482 g/mol. The molecule has 1 N–H and O–H groups in total. The minimum absolute atomic E-state index is 0. The van der Waals surface area contributed by atoms with Crippen molar-refractivity contribution < 1.29 is 9.53 Å². The summed E-state index contributed by atoms with van der Waals surface area (Å²) in [5.41, 5.74) is 3.07. The number of rotatable bonds is 7. The minimum atomic E-state index is -0.126. The maximum absolute atomic E-state index is 13.6. The number of fused-ring (bicyclic) bond motifs is 3. The second kappa shape index (κ2) is 10.5. The lowest BCUT2D eigenvalue weighted by Crippen LogP contribution is -2.53. The molecule has 1 aliphatic carbocycles. The quantitative estimate of drug-likeness (QED) is 0.519. The lowest BCUT2D eigenvalue weighted by molar-refractivity contribution is 0.0490. The van der Waals surface area contributed by atoms with Gasteiger partial charge < -0.3 is 14.6 Å². The monoisotopic (exact) mass is 481 g/mol. The van der Waals surface area contributed by atoms with E-state index in [0.29, 0.717) is 36.0 Å². The SMILES string of the molecule is C.COCCCN1CCN(C(=O)c2cc3c(cc2C)[nH]c(=O)c2cnn(CC4CCC4)c23)C[C@@H]1C. The first-order chi connectivity index (χ1) is 16.5. The molecule has 2 aliphatic rings. The fourth-order valence-electron chi connectivity index (χ4n) is 5.42. The molecule has 8 heteroatoms. The molecule has 3 heterocycles. The Balaban J connectivity index is 0.00000289. The molecule has 0 bridgehead atoms. The second-order valence-corrected chi connectivity index (χ2v) is 10.0. The first kappa shape index (κ1) is 25.4. The third-order valence-corrected chi connectivity index (χ3v) is 7.68. The third-order valence-electron chi connectivity index (χ3n) is 7.68. The number of hydrogen-bond donors (Lipinski definition) is 1. The number of benzene rings is 1. The van der Waals surface area contributed by atoms with Gasteiger partial charge in [0.05, 0.1) is 22.6 Å². The van der Waals surface area contributed by atoms with Gasteiger partial charge in [0.25, 0.3) is 11.5 Å². The van der Waals surface area contributed by atoms with Crippen molar-refractivity contribution in [2.24, 2.45) is 5.92 Å². The number of piperazine rings is 1. The zero-order valence-corrected chi connectivity index (χ0v) is 20.5. The highest BCUT2D eigenvalue weighted by Gasteiger charge is 2.28. The molecular formula is C27H39N5O3. The molecule has 1 saturated carbocycles. The highest BCUT2D eigenvalue weighted by atomic mass is 16.5. The normalized spacial score (nSPS) is 19.2. The molecule has 1 atom stereocenters. The lowest BCUT2D eigenvalue weighted by Gasteiger charge is -2.40. The van der Waals surface area contributed by atoms with E-state index >= 15 is 0 Å². The summed E-state index contributed by atoms with van der Waals surface area (Å²) >= 11 is 0. The molecule has 2 aromatic heterocycles. The Bertz CT molecular complexity index is 1260. The van der Waals surface area contributed by atoms with Crippen LogP contribution in [0.15, 0.2) is 23.1 Å². The van der Waals surface area contributed by atoms with Gasteiger partial charge in [-0.1, -0.05) is 13.8 Å². The summed E-state index contributed by atoms with van der Waals surface area (Å²) in [6.07, 6.45) is 6.35. The third kappa shape index (κ3) is 4.86. The molecule has 2 fully saturated rings. The van der Waals surface area contributed by atoms with Crippen LogP contribution in [-0.2, 0) is 11.3 Å². The number of methoxy groups -OCH3 is 1. The van der Waals surface area contributed by atoms with Crippen molar-refractivity contribution >= 4 is 27.7 Å². The molecule has 8 nitrogen and oxygen atoms in total. The van der Waals surface area contributed by atoms with E-state index in [1.807, 2.05) is 28.6 Å². The molecule has 0 radical (unpaired) electrons. The van der Waals surface area contributed by atoms with Crippen LogP contribution in [0.2, 0.25) is 0 Å². The predicted molar refractivity (Wildman–Crippen MR) is 140 cm³/mol. The molecule has 0 unspecified atom stereocenters. The molecule has 1 aliphatic heterocycles. The molecule has 190 valence electrons.